The Bertz CT molecular complexity index is 340. The lowest BCUT2D eigenvalue weighted by molar-refractivity contribution is 0.0195. The SMILES string of the molecule is CN(C)C(C)(C)CNC1CCN(C(=O)OC(C)(C)C)CC1. The molecule has 1 heterocycles. The van der Waals surface area contributed by atoms with Crippen molar-refractivity contribution >= 4 is 6.09 Å². The van der Waals surface area contributed by atoms with E-state index in [4.69, 9.17) is 4.74 Å². The number of ether oxygens (including phenoxy) is 1. The summed E-state index contributed by atoms with van der Waals surface area (Å²) >= 11 is 0. The largest absolute Gasteiger partial charge is 0.444 e. The number of carbonyl (C=O) groups excluding carboxylic acids is 1. The fraction of sp³-hybridized carbons (Fsp3) is 0.938. The molecule has 21 heavy (non-hydrogen) atoms. The first-order valence-corrected chi connectivity index (χ1v) is 7.90. The van der Waals surface area contributed by atoms with Crippen LogP contribution in [0.25, 0.3) is 0 Å². The minimum atomic E-state index is -0.415. The predicted molar refractivity (Wildman–Crippen MR) is 86.6 cm³/mol. The third-order valence-corrected chi connectivity index (χ3v) is 4.18. The molecule has 0 unspecified atom stereocenters. The van der Waals surface area contributed by atoms with Crippen LogP contribution in [0, 0.1) is 0 Å². The van der Waals surface area contributed by atoms with E-state index in [1.165, 1.54) is 0 Å². The van der Waals surface area contributed by atoms with Gasteiger partial charge in [0.15, 0.2) is 0 Å². The summed E-state index contributed by atoms with van der Waals surface area (Å²) in [6.45, 7) is 12.7. The fourth-order valence-corrected chi connectivity index (χ4v) is 2.14. The van der Waals surface area contributed by atoms with Gasteiger partial charge >= 0.3 is 6.09 Å². The Hall–Kier alpha value is -0.810. The molecule has 0 aliphatic carbocycles. The highest BCUT2D eigenvalue weighted by Gasteiger charge is 2.28. The highest BCUT2D eigenvalue weighted by Crippen LogP contribution is 2.16. The number of amides is 1. The van der Waals surface area contributed by atoms with Gasteiger partial charge < -0.3 is 19.9 Å². The summed E-state index contributed by atoms with van der Waals surface area (Å²) in [5.41, 5.74) is -0.274. The Morgan fingerprint density at radius 3 is 2.14 bits per heavy atom. The summed E-state index contributed by atoms with van der Waals surface area (Å²) in [4.78, 5) is 16.1. The van der Waals surface area contributed by atoms with Crippen LogP contribution < -0.4 is 5.32 Å². The molecule has 1 N–H and O–H groups in total. The lowest BCUT2D eigenvalue weighted by atomic mass is 10.0. The summed E-state index contributed by atoms with van der Waals surface area (Å²) in [6, 6.07) is 0.489. The van der Waals surface area contributed by atoms with Crippen LogP contribution in [0.3, 0.4) is 0 Å². The van der Waals surface area contributed by atoms with Gasteiger partial charge in [-0.05, 0) is 61.6 Å². The van der Waals surface area contributed by atoms with Crippen molar-refractivity contribution in [2.45, 2.75) is 64.6 Å². The topological polar surface area (TPSA) is 44.8 Å². The van der Waals surface area contributed by atoms with Crippen LogP contribution in [0.2, 0.25) is 0 Å². The molecule has 0 radical (unpaired) electrons. The highest BCUT2D eigenvalue weighted by atomic mass is 16.6. The van der Waals surface area contributed by atoms with E-state index in [1.807, 2.05) is 25.7 Å². The molecule has 5 heteroatoms. The molecule has 5 nitrogen and oxygen atoms in total. The molecule has 1 rings (SSSR count). The number of hydrogen-bond donors (Lipinski definition) is 1. The van der Waals surface area contributed by atoms with Crippen LogP contribution in [0.4, 0.5) is 4.79 Å². The first-order chi connectivity index (χ1) is 9.51. The summed E-state index contributed by atoms with van der Waals surface area (Å²) in [7, 11) is 4.21. The molecule has 1 aliphatic rings. The van der Waals surface area contributed by atoms with Crippen molar-refractivity contribution in [3.8, 4) is 0 Å². The van der Waals surface area contributed by atoms with Crippen LogP contribution in [-0.2, 0) is 4.74 Å². The third-order valence-electron chi connectivity index (χ3n) is 4.18. The molecule has 1 saturated heterocycles. The molecule has 124 valence electrons. The molecule has 0 atom stereocenters. The number of rotatable bonds is 4. The maximum atomic E-state index is 12.0. The van der Waals surface area contributed by atoms with E-state index in [1.54, 1.807) is 0 Å². The summed E-state index contributed by atoms with van der Waals surface area (Å²) in [5, 5.41) is 3.63. The fourth-order valence-electron chi connectivity index (χ4n) is 2.14. The number of hydrogen-bond acceptors (Lipinski definition) is 4. The lowest BCUT2D eigenvalue weighted by Gasteiger charge is -2.37. The first-order valence-electron chi connectivity index (χ1n) is 7.90. The van der Waals surface area contributed by atoms with Gasteiger partial charge in [0.25, 0.3) is 0 Å². The monoisotopic (exact) mass is 299 g/mol. The van der Waals surface area contributed by atoms with Crippen LogP contribution in [0.15, 0.2) is 0 Å². The smallest absolute Gasteiger partial charge is 0.410 e. The maximum Gasteiger partial charge on any atom is 0.410 e. The summed E-state index contributed by atoms with van der Waals surface area (Å²) < 4.78 is 5.42. The number of likely N-dealkylation sites (N-methyl/N-ethyl adjacent to an activating group) is 1. The molecule has 0 aromatic heterocycles. The van der Waals surface area contributed by atoms with Crippen molar-refractivity contribution in [2.75, 3.05) is 33.7 Å². The van der Waals surface area contributed by atoms with Crippen molar-refractivity contribution in [1.29, 1.82) is 0 Å². The molecule has 0 aromatic carbocycles. The Morgan fingerprint density at radius 1 is 1.19 bits per heavy atom. The maximum absolute atomic E-state index is 12.0. The summed E-state index contributed by atoms with van der Waals surface area (Å²) in [5.74, 6) is 0. The van der Waals surface area contributed by atoms with Gasteiger partial charge in [-0.15, -0.1) is 0 Å². The lowest BCUT2D eigenvalue weighted by Crippen LogP contribution is -2.52. The van der Waals surface area contributed by atoms with E-state index < -0.39 is 5.60 Å². The van der Waals surface area contributed by atoms with E-state index in [-0.39, 0.29) is 11.6 Å². The minimum absolute atomic E-state index is 0.141. The van der Waals surface area contributed by atoms with Gasteiger partial charge in [-0.2, -0.15) is 0 Å². The van der Waals surface area contributed by atoms with Crippen molar-refractivity contribution in [3.63, 3.8) is 0 Å². The van der Waals surface area contributed by atoms with Crippen LogP contribution >= 0.6 is 0 Å². The molecular weight excluding hydrogens is 266 g/mol. The zero-order chi connectivity index (χ0) is 16.3. The second-order valence-corrected chi connectivity index (χ2v) is 7.83. The molecule has 0 spiro atoms. The molecule has 1 amide bonds. The van der Waals surface area contributed by atoms with Crippen molar-refractivity contribution in [1.82, 2.24) is 15.1 Å². The van der Waals surface area contributed by atoms with Crippen LogP contribution in [0.1, 0.15) is 47.5 Å². The quantitative estimate of drug-likeness (QED) is 0.865. The molecule has 1 fully saturated rings. The van der Waals surface area contributed by atoms with E-state index in [0.29, 0.717) is 6.04 Å². The molecule has 0 aromatic rings. The van der Waals surface area contributed by atoms with Crippen LogP contribution in [0.5, 0.6) is 0 Å². The van der Waals surface area contributed by atoms with Gasteiger partial charge in [0.2, 0.25) is 0 Å². The Morgan fingerprint density at radius 2 is 1.71 bits per heavy atom. The van der Waals surface area contributed by atoms with E-state index >= 15 is 0 Å². The van der Waals surface area contributed by atoms with Crippen LogP contribution in [-0.4, -0.2) is 66.8 Å². The van der Waals surface area contributed by atoms with Gasteiger partial charge in [0, 0.05) is 31.2 Å². The second kappa shape index (κ2) is 6.97. The number of nitrogens with one attached hydrogen (secondary N) is 1. The average molecular weight is 299 g/mol. The number of nitrogens with zero attached hydrogens (tertiary/aromatic N) is 2. The predicted octanol–water partition coefficient (Wildman–Crippen LogP) is 2.32. The number of likely N-dealkylation sites (tertiary alicyclic amines) is 1. The molecule has 1 aliphatic heterocycles. The van der Waals surface area contributed by atoms with E-state index in [0.717, 1.165) is 32.5 Å². The standard InChI is InChI=1S/C16H33N3O2/c1-15(2,3)21-14(20)19-10-8-13(9-11-19)17-12-16(4,5)18(6)7/h13,17H,8-12H2,1-7H3. The first kappa shape index (κ1) is 18.2. The van der Waals surface area contributed by atoms with Gasteiger partial charge in [-0.25, -0.2) is 4.79 Å². The zero-order valence-electron chi connectivity index (χ0n) is 14.8. The third kappa shape index (κ3) is 6.22. The van der Waals surface area contributed by atoms with Crippen molar-refractivity contribution in [3.05, 3.63) is 0 Å². The molecule has 0 saturated carbocycles. The minimum Gasteiger partial charge on any atom is -0.444 e. The summed E-state index contributed by atoms with van der Waals surface area (Å²) in [6.07, 6.45) is 1.79. The normalized spacial score (nSPS) is 18.2. The van der Waals surface area contributed by atoms with Crippen molar-refractivity contribution in [2.24, 2.45) is 0 Å². The Balaban J connectivity index is 2.34. The Labute approximate surface area is 130 Å². The molecular formula is C16H33N3O2. The Kier molecular flexibility index (Phi) is 6.05. The number of piperidine rings is 1. The zero-order valence-corrected chi connectivity index (χ0v) is 14.8. The van der Waals surface area contributed by atoms with E-state index in [9.17, 15) is 4.79 Å². The van der Waals surface area contributed by atoms with Gasteiger partial charge in [0.1, 0.15) is 5.60 Å². The van der Waals surface area contributed by atoms with E-state index in [2.05, 4.69) is 38.2 Å². The van der Waals surface area contributed by atoms with Gasteiger partial charge in [-0.3, -0.25) is 0 Å². The van der Waals surface area contributed by atoms with Crippen molar-refractivity contribution < 1.29 is 9.53 Å². The molecule has 0 bridgehead atoms. The second-order valence-electron chi connectivity index (χ2n) is 7.83. The van der Waals surface area contributed by atoms with Gasteiger partial charge in [-0.1, -0.05) is 0 Å². The highest BCUT2D eigenvalue weighted by molar-refractivity contribution is 5.68. The average Bonchev–Trinajstić information content (AvgIpc) is 2.35. The van der Waals surface area contributed by atoms with Gasteiger partial charge in [0.05, 0.1) is 0 Å². The number of carbonyl (C=O) groups is 1.